The molecule has 1 atom stereocenters. The Morgan fingerprint density at radius 3 is 2.37 bits per heavy atom. The van der Waals surface area contributed by atoms with Gasteiger partial charge in [0.1, 0.15) is 0 Å². The zero-order valence-corrected chi connectivity index (χ0v) is 17.9. The van der Waals surface area contributed by atoms with Crippen LogP contribution in [0.5, 0.6) is 0 Å². The topological polar surface area (TPSA) is 32.3 Å². The molecule has 0 radical (unpaired) electrons. The van der Waals surface area contributed by atoms with Crippen molar-refractivity contribution in [1.82, 2.24) is 10.2 Å². The van der Waals surface area contributed by atoms with Gasteiger partial charge in [-0.25, -0.2) is 0 Å². The first-order valence-corrected chi connectivity index (χ1v) is 10.9. The van der Waals surface area contributed by atoms with Crippen molar-refractivity contribution in [2.75, 3.05) is 6.54 Å². The summed E-state index contributed by atoms with van der Waals surface area (Å²) < 4.78 is 0. The first kappa shape index (κ1) is 20.4. The summed E-state index contributed by atoms with van der Waals surface area (Å²) in [5, 5.41) is 3.18. The molecule has 1 heterocycles. The maximum Gasteiger partial charge on any atom is 0.251 e. The highest BCUT2D eigenvalue weighted by Crippen LogP contribution is 2.21. The van der Waals surface area contributed by atoms with Crippen LogP contribution in [0.3, 0.4) is 0 Å². The zero-order chi connectivity index (χ0) is 20.9. The number of amides is 1. The van der Waals surface area contributed by atoms with Gasteiger partial charge in [0.2, 0.25) is 0 Å². The molecule has 3 heteroatoms. The fourth-order valence-corrected chi connectivity index (χ4v) is 4.17. The van der Waals surface area contributed by atoms with Crippen LogP contribution >= 0.6 is 0 Å². The highest BCUT2D eigenvalue weighted by molar-refractivity contribution is 5.94. The summed E-state index contributed by atoms with van der Waals surface area (Å²) in [7, 11) is 0. The molecule has 1 amide bonds. The Hall–Kier alpha value is -2.91. The van der Waals surface area contributed by atoms with E-state index in [1.165, 1.54) is 22.3 Å². The van der Waals surface area contributed by atoms with E-state index in [-0.39, 0.29) is 11.9 Å². The summed E-state index contributed by atoms with van der Waals surface area (Å²) >= 11 is 0. The van der Waals surface area contributed by atoms with Gasteiger partial charge in [0, 0.05) is 25.2 Å². The van der Waals surface area contributed by atoms with E-state index in [4.69, 9.17) is 0 Å². The summed E-state index contributed by atoms with van der Waals surface area (Å²) in [6.45, 7) is 7.16. The van der Waals surface area contributed by atoms with E-state index in [0.29, 0.717) is 5.56 Å². The lowest BCUT2D eigenvalue weighted by molar-refractivity contribution is 0.0935. The number of fused-ring (bicyclic) bond motifs is 1. The van der Waals surface area contributed by atoms with Gasteiger partial charge < -0.3 is 5.32 Å². The monoisotopic (exact) mass is 398 g/mol. The fraction of sp³-hybridized carbons (Fsp3) is 0.296. The first-order valence-electron chi connectivity index (χ1n) is 10.9. The maximum atomic E-state index is 12.8. The van der Waals surface area contributed by atoms with E-state index in [1.54, 1.807) is 0 Å². The Balaban J connectivity index is 1.37. The van der Waals surface area contributed by atoms with Gasteiger partial charge >= 0.3 is 0 Å². The number of nitrogens with one attached hydrogen (secondary N) is 1. The number of benzene rings is 3. The molecule has 154 valence electrons. The molecule has 0 saturated heterocycles. The molecule has 3 nitrogen and oxygen atoms in total. The van der Waals surface area contributed by atoms with Gasteiger partial charge in [-0.15, -0.1) is 0 Å². The molecule has 3 aromatic carbocycles. The molecule has 1 N–H and O–H groups in total. The Morgan fingerprint density at radius 2 is 1.67 bits per heavy atom. The van der Waals surface area contributed by atoms with Crippen molar-refractivity contribution in [3.63, 3.8) is 0 Å². The summed E-state index contributed by atoms with van der Waals surface area (Å²) in [6, 6.07) is 25.2. The van der Waals surface area contributed by atoms with Crippen molar-refractivity contribution in [3.8, 4) is 0 Å². The summed E-state index contributed by atoms with van der Waals surface area (Å²) in [6.07, 6.45) is 1.97. The second-order valence-corrected chi connectivity index (χ2v) is 8.27. The molecule has 3 aromatic rings. The van der Waals surface area contributed by atoms with E-state index >= 15 is 0 Å². The molecule has 0 fully saturated rings. The summed E-state index contributed by atoms with van der Waals surface area (Å²) in [5.41, 5.74) is 7.25. The van der Waals surface area contributed by atoms with Crippen LogP contribution in [0, 0.1) is 6.92 Å². The third-order valence-corrected chi connectivity index (χ3v) is 6.03. The predicted octanol–water partition coefficient (Wildman–Crippen LogP) is 5.43. The average Bonchev–Trinajstić information content (AvgIpc) is 2.78. The van der Waals surface area contributed by atoms with Gasteiger partial charge in [0.15, 0.2) is 0 Å². The van der Waals surface area contributed by atoms with Crippen molar-refractivity contribution in [2.45, 2.75) is 45.8 Å². The van der Waals surface area contributed by atoms with Crippen LogP contribution < -0.4 is 5.32 Å². The molecule has 0 spiro atoms. The van der Waals surface area contributed by atoms with Crippen molar-refractivity contribution >= 4 is 5.91 Å². The molecule has 30 heavy (non-hydrogen) atoms. The molecule has 0 bridgehead atoms. The number of hydrogen-bond donors (Lipinski definition) is 1. The molecule has 0 aromatic heterocycles. The highest BCUT2D eigenvalue weighted by atomic mass is 16.1. The van der Waals surface area contributed by atoms with Gasteiger partial charge in [-0.2, -0.15) is 0 Å². The van der Waals surface area contributed by atoms with Crippen molar-refractivity contribution in [2.24, 2.45) is 0 Å². The molecule has 1 aliphatic rings. The number of hydrogen-bond acceptors (Lipinski definition) is 2. The average molecular weight is 399 g/mol. The highest BCUT2D eigenvalue weighted by Gasteiger charge is 2.17. The van der Waals surface area contributed by atoms with Gasteiger partial charge in [0.25, 0.3) is 5.91 Å². The third-order valence-electron chi connectivity index (χ3n) is 6.03. The lowest BCUT2D eigenvalue weighted by Crippen LogP contribution is -2.30. The second-order valence-electron chi connectivity index (χ2n) is 8.27. The quantitative estimate of drug-likeness (QED) is 0.600. The molecule has 4 rings (SSSR count). The maximum absolute atomic E-state index is 12.8. The Kier molecular flexibility index (Phi) is 6.29. The summed E-state index contributed by atoms with van der Waals surface area (Å²) in [4.78, 5) is 15.2. The van der Waals surface area contributed by atoms with Crippen LogP contribution in [0.25, 0.3) is 0 Å². The Morgan fingerprint density at radius 1 is 0.967 bits per heavy atom. The minimum Gasteiger partial charge on any atom is -0.345 e. The molecule has 0 saturated carbocycles. The second kappa shape index (κ2) is 9.27. The minimum absolute atomic E-state index is 0.0131. The van der Waals surface area contributed by atoms with Crippen molar-refractivity contribution in [1.29, 1.82) is 0 Å². The Bertz CT molecular complexity index is 992. The van der Waals surface area contributed by atoms with Crippen LogP contribution in [-0.2, 0) is 19.5 Å². The van der Waals surface area contributed by atoms with E-state index in [2.05, 4.69) is 84.7 Å². The molecular formula is C27H30N2O. The number of aryl methyl sites for hydroxylation is 1. The number of nitrogens with zero attached hydrogens (tertiary/aromatic N) is 1. The van der Waals surface area contributed by atoms with Crippen molar-refractivity contribution < 1.29 is 4.79 Å². The Labute approximate surface area is 179 Å². The van der Waals surface area contributed by atoms with Gasteiger partial charge in [-0.3, -0.25) is 9.69 Å². The standard InChI is InChI=1S/C27H30N2O/c1-3-26(23-12-8-20(2)9-13-23)28-27(30)24-14-10-21(11-15-24)18-29-17-16-22-6-4-5-7-25(22)19-29/h4-15,26H,3,16-19H2,1-2H3,(H,28,30)/t26-/m0/s1. The first-order chi connectivity index (χ1) is 14.6. The van der Waals surface area contributed by atoms with Crippen molar-refractivity contribution in [3.05, 3.63) is 106 Å². The predicted molar refractivity (Wildman–Crippen MR) is 122 cm³/mol. The van der Waals surface area contributed by atoms with Crippen LogP contribution in [0.1, 0.15) is 57.6 Å². The fourth-order valence-electron chi connectivity index (χ4n) is 4.17. The number of carbonyl (C=O) groups is 1. The SMILES string of the molecule is CC[C@H](NC(=O)c1ccc(CN2CCc3ccccc3C2)cc1)c1ccc(C)cc1. The van der Waals surface area contributed by atoms with Gasteiger partial charge in [-0.1, -0.05) is 73.2 Å². The molecule has 1 aliphatic heterocycles. The molecule has 0 aliphatic carbocycles. The van der Waals surface area contributed by atoms with E-state index in [1.807, 2.05) is 12.1 Å². The normalized spacial score (nSPS) is 14.7. The van der Waals surface area contributed by atoms with Crippen LogP contribution in [0.2, 0.25) is 0 Å². The lowest BCUT2D eigenvalue weighted by Gasteiger charge is -2.28. The minimum atomic E-state index is -0.0131. The van der Waals surface area contributed by atoms with Crippen LogP contribution in [0.15, 0.2) is 72.8 Å². The third kappa shape index (κ3) is 4.80. The van der Waals surface area contributed by atoms with E-state index in [9.17, 15) is 4.79 Å². The van der Waals surface area contributed by atoms with Crippen LogP contribution in [-0.4, -0.2) is 17.4 Å². The van der Waals surface area contributed by atoms with Gasteiger partial charge in [-0.05, 0) is 54.2 Å². The molecule has 0 unspecified atom stereocenters. The van der Waals surface area contributed by atoms with Gasteiger partial charge in [0.05, 0.1) is 6.04 Å². The lowest BCUT2D eigenvalue weighted by atomic mass is 9.99. The van der Waals surface area contributed by atoms with E-state index < -0.39 is 0 Å². The largest absolute Gasteiger partial charge is 0.345 e. The number of carbonyl (C=O) groups excluding carboxylic acids is 1. The zero-order valence-electron chi connectivity index (χ0n) is 17.9. The molecular weight excluding hydrogens is 368 g/mol. The smallest absolute Gasteiger partial charge is 0.251 e. The summed E-state index contributed by atoms with van der Waals surface area (Å²) in [5.74, 6) is -0.0131. The number of rotatable bonds is 6. The van der Waals surface area contributed by atoms with E-state index in [0.717, 1.165) is 38.0 Å². The van der Waals surface area contributed by atoms with Crippen LogP contribution in [0.4, 0.5) is 0 Å².